The molecule has 1 aliphatic rings. The van der Waals surface area contributed by atoms with Gasteiger partial charge in [0.2, 0.25) is 0 Å². The highest BCUT2D eigenvalue weighted by atomic mass is 32.1. The van der Waals surface area contributed by atoms with E-state index in [1.165, 1.54) is 17.4 Å². The number of nitrogens with one attached hydrogen (secondary N) is 1. The zero-order chi connectivity index (χ0) is 20.4. The van der Waals surface area contributed by atoms with Gasteiger partial charge in [-0.2, -0.15) is 0 Å². The van der Waals surface area contributed by atoms with Crippen LogP contribution in [0.3, 0.4) is 0 Å². The summed E-state index contributed by atoms with van der Waals surface area (Å²) in [5, 5.41) is 2.96. The number of thiophene rings is 1. The summed E-state index contributed by atoms with van der Waals surface area (Å²) in [5.41, 5.74) is 2.07. The fraction of sp³-hybridized carbons (Fsp3) is 0.217. The Balaban J connectivity index is 1.40. The maximum Gasteiger partial charge on any atom is 0.263 e. The molecule has 1 saturated carbocycles. The Hall–Kier alpha value is -2.99. The first-order valence-electron chi connectivity index (χ1n) is 9.51. The van der Waals surface area contributed by atoms with Crippen LogP contribution in [0.25, 0.3) is 10.4 Å². The van der Waals surface area contributed by atoms with Gasteiger partial charge in [-0.15, -0.1) is 11.3 Å². The monoisotopic (exact) mass is 408 g/mol. The molecule has 6 heteroatoms. The molecule has 0 spiro atoms. The SMILES string of the molecule is CN(Cc1ccc(C(=O)NC2CC2)cc1)C(=O)c1ccc(-c2ccccc2F)s1. The van der Waals surface area contributed by atoms with Crippen molar-refractivity contribution in [2.45, 2.75) is 25.4 Å². The van der Waals surface area contributed by atoms with Gasteiger partial charge >= 0.3 is 0 Å². The van der Waals surface area contributed by atoms with Gasteiger partial charge in [-0.3, -0.25) is 9.59 Å². The van der Waals surface area contributed by atoms with Crippen LogP contribution in [0.4, 0.5) is 4.39 Å². The van der Waals surface area contributed by atoms with Crippen molar-refractivity contribution in [3.8, 4) is 10.4 Å². The number of hydrogen-bond acceptors (Lipinski definition) is 3. The lowest BCUT2D eigenvalue weighted by atomic mass is 10.1. The van der Waals surface area contributed by atoms with E-state index in [2.05, 4.69) is 5.32 Å². The van der Waals surface area contributed by atoms with Crippen LogP contribution in [0.2, 0.25) is 0 Å². The van der Waals surface area contributed by atoms with Crippen LogP contribution in [0.5, 0.6) is 0 Å². The fourth-order valence-electron chi connectivity index (χ4n) is 3.05. The summed E-state index contributed by atoms with van der Waals surface area (Å²) in [6.45, 7) is 0.427. The molecule has 0 aliphatic heterocycles. The molecule has 0 radical (unpaired) electrons. The van der Waals surface area contributed by atoms with Crippen molar-refractivity contribution in [1.29, 1.82) is 0 Å². The highest BCUT2D eigenvalue weighted by molar-refractivity contribution is 7.17. The van der Waals surface area contributed by atoms with E-state index in [-0.39, 0.29) is 17.6 Å². The summed E-state index contributed by atoms with van der Waals surface area (Å²) >= 11 is 1.28. The summed E-state index contributed by atoms with van der Waals surface area (Å²) in [5.74, 6) is -0.469. The zero-order valence-electron chi connectivity index (χ0n) is 16.0. The average molecular weight is 408 g/mol. The third kappa shape index (κ3) is 4.54. The number of carbonyl (C=O) groups is 2. The van der Waals surface area contributed by atoms with Crippen molar-refractivity contribution >= 4 is 23.2 Å². The van der Waals surface area contributed by atoms with E-state index in [9.17, 15) is 14.0 Å². The number of amides is 2. The molecular formula is C23H21FN2O2S. The Morgan fingerprint density at radius 3 is 2.48 bits per heavy atom. The lowest BCUT2D eigenvalue weighted by Crippen LogP contribution is -2.26. The Labute approximate surface area is 173 Å². The largest absolute Gasteiger partial charge is 0.349 e. The molecule has 1 aromatic heterocycles. The summed E-state index contributed by atoms with van der Waals surface area (Å²) in [6, 6.07) is 17.7. The Bertz CT molecular complexity index is 1040. The molecule has 4 nitrogen and oxygen atoms in total. The number of hydrogen-bond donors (Lipinski definition) is 1. The van der Waals surface area contributed by atoms with Crippen molar-refractivity contribution in [3.63, 3.8) is 0 Å². The summed E-state index contributed by atoms with van der Waals surface area (Å²) in [6.07, 6.45) is 2.11. The molecule has 3 aromatic rings. The Kier molecular flexibility index (Phi) is 5.45. The van der Waals surface area contributed by atoms with Crippen LogP contribution in [-0.2, 0) is 6.54 Å². The van der Waals surface area contributed by atoms with Gasteiger partial charge in [0.25, 0.3) is 11.8 Å². The van der Waals surface area contributed by atoms with E-state index >= 15 is 0 Å². The summed E-state index contributed by atoms with van der Waals surface area (Å²) in [7, 11) is 1.73. The van der Waals surface area contributed by atoms with E-state index in [0.29, 0.717) is 28.6 Å². The van der Waals surface area contributed by atoms with Gasteiger partial charge < -0.3 is 10.2 Å². The first kappa shape index (κ1) is 19.3. The molecule has 1 aliphatic carbocycles. The lowest BCUT2D eigenvalue weighted by molar-refractivity contribution is 0.0789. The normalized spacial score (nSPS) is 13.2. The van der Waals surface area contributed by atoms with Crippen LogP contribution in [0.1, 0.15) is 38.4 Å². The second-order valence-electron chi connectivity index (χ2n) is 7.25. The average Bonchev–Trinajstić information content (AvgIpc) is 3.40. The number of halogens is 1. The van der Waals surface area contributed by atoms with Gasteiger partial charge in [0.1, 0.15) is 5.82 Å². The molecule has 1 heterocycles. The predicted octanol–water partition coefficient (Wildman–Crippen LogP) is 4.72. The van der Waals surface area contributed by atoms with Crippen molar-refractivity contribution in [2.75, 3.05) is 7.05 Å². The maximum absolute atomic E-state index is 14.0. The highest BCUT2D eigenvalue weighted by Gasteiger charge is 2.23. The standard InChI is InChI=1S/C23H21FN2O2S/c1-26(14-15-6-8-16(9-7-15)22(27)25-17-10-11-17)23(28)21-13-12-20(29-21)18-4-2-3-5-19(18)24/h2-9,12-13,17H,10-11,14H2,1H3,(H,25,27). The van der Waals surface area contributed by atoms with Gasteiger partial charge in [0.15, 0.2) is 0 Å². The van der Waals surface area contributed by atoms with Crippen LogP contribution in [0.15, 0.2) is 60.7 Å². The minimum atomic E-state index is -0.299. The Morgan fingerprint density at radius 2 is 1.79 bits per heavy atom. The maximum atomic E-state index is 14.0. The van der Waals surface area contributed by atoms with Crippen molar-refractivity contribution in [2.24, 2.45) is 0 Å². The summed E-state index contributed by atoms with van der Waals surface area (Å²) in [4.78, 5) is 27.7. The van der Waals surface area contributed by atoms with E-state index in [0.717, 1.165) is 23.3 Å². The molecule has 2 aromatic carbocycles. The third-order valence-electron chi connectivity index (χ3n) is 4.85. The minimum absolute atomic E-state index is 0.0530. The molecular weight excluding hydrogens is 387 g/mol. The van der Waals surface area contributed by atoms with Gasteiger partial charge in [0.05, 0.1) is 4.88 Å². The number of carbonyl (C=O) groups excluding carboxylic acids is 2. The topological polar surface area (TPSA) is 49.4 Å². The van der Waals surface area contributed by atoms with Gasteiger partial charge in [0, 0.05) is 35.6 Å². The van der Waals surface area contributed by atoms with E-state index < -0.39 is 0 Å². The molecule has 1 N–H and O–H groups in total. The molecule has 1 fully saturated rings. The smallest absolute Gasteiger partial charge is 0.263 e. The van der Waals surface area contributed by atoms with Crippen LogP contribution >= 0.6 is 11.3 Å². The van der Waals surface area contributed by atoms with E-state index in [4.69, 9.17) is 0 Å². The number of benzene rings is 2. The van der Waals surface area contributed by atoms with Gasteiger partial charge in [-0.1, -0.05) is 30.3 Å². The molecule has 29 heavy (non-hydrogen) atoms. The minimum Gasteiger partial charge on any atom is -0.349 e. The second kappa shape index (κ2) is 8.17. The lowest BCUT2D eigenvalue weighted by Gasteiger charge is -2.16. The quantitative estimate of drug-likeness (QED) is 0.642. The molecule has 148 valence electrons. The molecule has 0 atom stereocenters. The number of nitrogens with zero attached hydrogens (tertiary/aromatic N) is 1. The van der Waals surface area contributed by atoms with Crippen LogP contribution in [0, 0.1) is 5.82 Å². The fourth-order valence-corrected chi connectivity index (χ4v) is 4.08. The van der Waals surface area contributed by atoms with Crippen LogP contribution < -0.4 is 5.32 Å². The first-order chi connectivity index (χ1) is 14.0. The first-order valence-corrected chi connectivity index (χ1v) is 10.3. The molecule has 0 unspecified atom stereocenters. The molecule has 4 rings (SSSR count). The Morgan fingerprint density at radius 1 is 1.07 bits per heavy atom. The van der Waals surface area contributed by atoms with E-state index in [1.807, 2.05) is 12.1 Å². The second-order valence-corrected chi connectivity index (χ2v) is 8.33. The van der Waals surface area contributed by atoms with E-state index in [1.54, 1.807) is 54.4 Å². The van der Waals surface area contributed by atoms with Gasteiger partial charge in [-0.25, -0.2) is 4.39 Å². The zero-order valence-corrected chi connectivity index (χ0v) is 16.8. The van der Waals surface area contributed by atoms with Crippen molar-refractivity contribution in [3.05, 3.63) is 82.5 Å². The van der Waals surface area contributed by atoms with Gasteiger partial charge in [-0.05, 0) is 48.7 Å². The predicted molar refractivity (Wildman–Crippen MR) is 112 cm³/mol. The molecule has 2 amide bonds. The van der Waals surface area contributed by atoms with Crippen molar-refractivity contribution in [1.82, 2.24) is 10.2 Å². The van der Waals surface area contributed by atoms with Crippen molar-refractivity contribution < 1.29 is 14.0 Å². The highest BCUT2D eigenvalue weighted by Crippen LogP contribution is 2.30. The third-order valence-corrected chi connectivity index (χ3v) is 5.96. The summed E-state index contributed by atoms with van der Waals surface area (Å²) < 4.78 is 14.0. The molecule has 0 saturated heterocycles. The van der Waals surface area contributed by atoms with Crippen LogP contribution in [-0.4, -0.2) is 29.8 Å². The molecule has 0 bridgehead atoms. The number of rotatable bonds is 6.